The van der Waals surface area contributed by atoms with Crippen molar-refractivity contribution in [2.24, 2.45) is 0 Å². The number of hydrogen-bond acceptors (Lipinski definition) is 3. The first-order chi connectivity index (χ1) is 10.7. The Morgan fingerprint density at radius 2 is 1.95 bits per heavy atom. The van der Waals surface area contributed by atoms with Crippen LogP contribution < -0.4 is 10.1 Å². The fourth-order valence-electron chi connectivity index (χ4n) is 2.85. The summed E-state index contributed by atoms with van der Waals surface area (Å²) in [6, 6.07) is 9.88. The third-order valence-corrected chi connectivity index (χ3v) is 5.42. The van der Waals surface area contributed by atoms with Gasteiger partial charge in [-0.05, 0) is 61.9 Å². The van der Waals surface area contributed by atoms with Crippen molar-refractivity contribution < 1.29 is 9.53 Å². The molecule has 1 heterocycles. The molecule has 1 aromatic heterocycles. The Balaban J connectivity index is 1.68. The fourth-order valence-corrected chi connectivity index (χ4v) is 4.00. The Kier molecular flexibility index (Phi) is 4.48. The number of ether oxygens (including phenoxy) is 1. The number of carbonyl (C=O) groups is 1. The second kappa shape index (κ2) is 6.53. The Labute approximate surface area is 135 Å². The van der Waals surface area contributed by atoms with Gasteiger partial charge in [0, 0.05) is 4.88 Å². The summed E-state index contributed by atoms with van der Waals surface area (Å²) in [6.45, 7) is 2.01. The highest BCUT2D eigenvalue weighted by atomic mass is 32.1. The summed E-state index contributed by atoms with van der Waals surface area (Å²) in [4.78, 5) is 14.7. The van der Waals surface area contributed by atoms with Gasteiger partial charge in [0.25, 0.3) is 5.91 Å². The van der Waals surface area contributed by atoms with Crippen LogP contribution in [0.2, 0.25) is 0 Å². The van der Waals surface area contributed by atoms with Crippen molar-refractivity contribution in [2.75, 3.05) is 7.11 Å². The zero-order chi connectivity index (χ0) is 15.5. The number of benzene rings is 1. The van der Waals surface area contributed by atoms with E-state index in [1.807, 2.05) is 31.2 Å². The summed E-state index contributed by atoms with van der Waals surface area (Å²) >= 11 is 1.65. The zero-order valence-corrected chi connectivity index (χ0v) is 13.8. The van der Waals surface area contributed by atoms with Crippen molar-refractivity contribution in [2.45, 2.75) is 38.6 Å². The summed E-state index contributed by atoms with van der Waals surface area (Å²) < 4.78 is 5.16. The molecule has 3 nitrogen and oxygen atoms in total. The SMILES string of the molecule is COc1ccc([C@H](C)NC(=O)c2cc3c(s2)CCCC3)cc1. The highest BCUT2D eigenvalue weighted by Gasteiger charge is 2.18. The lowest BCUT2D eigenvalue weighted by Gasteiger charge is -2.14. The smallest absolute Gasteiger partial charge is 0.261 e. The molecule has 0 saturated heterocycles. The Hall–Kier alpha value is -1.81. The van der Waals surface area contributed by atoms with E-state index >= 15 is 0 Å². The lowest BCUT2D eigenvalue weighted by molar-refractivity contribution is 0.0944. The van der Waals surface area contributed by atoms with Gasteiger partial charge in [0.05, 0.1) is 18.0 Å². The van der Waals surface area contributed by atoms with Crippen molar-refractivity contribution in [3.05, 3.63) is 51.2 Å². The number of amides is 1. The molecule has 3 rings (SSSR count). The molecule has 0 fully saturated rings. The summed E-state index contributed by atoms with van der Waals surface area (Å²) in [5, 5.41) is 3.09. The van der Waals surface area contributed by atoms with Gasteiger partial charge < -0.3 is 10.1 Å². The molecule has 2 aromatic rings. The Morgan fingerprint density at radius 3 is 2.64 bits per heavy atom. The minimum atomic E-state index is -0.0162. The molecular formula is C18H21NO2S. The van der Waals surface area contributed by atoms with Gasteiger partial charge in [0.15, 0.2) is 0 Å². The first kappa shape index (κ1) is 15.1. The summed E-state index contributed by atoms with van der Waals surface area (Å²) in [7, 11) is 1.65. The van der Waals surface area contributed by atoms with E-state index in [9.17, 15) is 4.79 Å². The second-order valence-electron chi connectivity index (χ2n) is 5.73. The Bertz CT molecular complexity index is 637. The first-order valence-corrected chi connectivity index (χ1v) is 8.55. The quantitative estimate of drug-likeness (QED) is 0.921. The molecular weight excluding hydrogens is 294 g/mol. The molecule has 0 radical (unpaired) electrons. The molecule has 1 N–H and O–H groups in total. The van der Waals surface area contributed by atoms with Gasteiger partial charge in [0.2, 0.25) is 0 Å². The number of thiophene rings is 1. The maximum Gasteiger partial charge on any atom is 0.261 e. The van der Waals surface area contributed by atoms with Crippen LogP contribution in [-0.4, -0.2) is 13.0 Å². The molecule has 4 heteroatoms. The molecule has 0 aliphatic heterocycles. The predicted molar refractivity (Wildman–Crippen MR) is 89.8 cm³/mol. The molecule has 1 atom stereocenters. The molecule has 0 unspecified atom stereocenters. The van der Waals surface area contributed by atoms with Crippen LogP contribution in [0.3, 0.4) is 0 Å². The average molecular weight is 315 g/mol. The van der Waals surface area contributed by atoms with Gasteiger partial charge in [-0.2, -0.15) is 0 Å². The standard InChI is InChI=1S/C18H21NO2S/c1-12(13-7-9-15(21-2)10-8-13)19-18(20)17-11-14-5-3-4-6-16(14)22-17/h7-12H,3-6H2,1-2H3,(H,19,20)/t12-/m0/s1. The number of rotatable bonds is 4. The fraction of sp³-hybridized carbons (Fsp3) is 0.389. The van der Waals surface area contributed by atoms with Crippen LogP contribution in [-0.2, 0) is 12.8 Å². The molecule has 116 valence electrons. The van der Waals surface area contributed by atoms with Gasteiger partial charge in [-0.15, -0.1) is 11.3 Å². The number of hydrogen-bond donors (Lipinski definition) is 1. The van der Waals surface area contributed by atoms with E-state index in [-0.39, 0.29) is 11.9 Å². The number of aryl methyl sites for hydroxylation is 2. The molecule has 1 aromatic carbocycles. The molecule has 1 amide bonds. The van der Waals surface area contributed by atoms with E-state index in [4.69, 9.17) is 4.74 Å². The third kappa shape index (κ3) is 3.17. The lowest BCUT2D eigenvalue weighted by atomic mass is 9.99. The van der Waals surface area contributed by atoms with Crippen molar-refractivity contribution >= 4 is 17.2 Å². The van der Waals surface area contributed by atoms with Crippen LogP contribution in [0.1, 0.15) is 51.5 Å². The van der Waals surface area contributed by atoms with Crippen LogP contribution in [0, 0.1) is 0 Å². The van der Waals surface area contributed by atoms with Gasteiger partial charge in [0.1, 0.15) is 5.75 Å². The van der Waals surface area contributed by atoms with Gasteiger partial charge in [-0.1, -0.05) is 12.1 Å². The Morgan fingerprint density at radius 1 is 1.23 bits per heavy atom. The maximum absolute atomic E-state index is 12.4. The van der Waals surface area contributed by atoms with Crippen molar-refractivity contribution in [1.29, 1.82) is 0 Å². The van der Waals surface area contributed by atoms with E-state index in [0.717, 1.165) is 29.0 Å². The lowest BCUT2D eigenvalue weighted by Crippen LogP contribution is -2.25. The van der Waals surface area contributed by atoms with Gasteiger partial charge >= 0.3 is 0 Å². The summed E-state index contributed by atoms with van der Waals surface area (Å²) in [5.41, 5.74) is 2.45. The molecule has 22 heavy (non-hydrogen) atoms. The van der Waals surface area contributed by atoms with Crippen LogP contribution in [0.15, 0.2) is 30.3 Å². The van der Waals surface area contributed by atoms with E-state index in [1.54, 1.807) is 18.4 Å². The van der Waals surface area contributed by atoms with E-state index in [2.05, 4.69) is 11.4 Å². The monoisotopic (exact) mass is 315 g/mol. The molecule has 1 aliphatic rings. The summed E-state index contributed by atoms with van der Waals surface area (Å²) in [5.74, 6) is 0.857. The molecule has 0 saturated carbocycles. The van der Waals surface area contributed by atoms with E-state index in [0.29, 0.717) is 0 Å². The minimum absolute atomic E-state index is 0.0162. The number of fused-ring (bicyclic) bond motifs is 1. The van der Waals surface area contributed by atoms with E-state index in [1.165, 1.54) is 23.3 Å². The van der Waals surface area contributed by atoms with Gasteiger partial charge in [-0.25, -0.2) is 0 Å². The predicted octanol–water partition coefficient (Wildman–Crippen LogP) is 4.13. The molecule has 0 bridgehead atoms. The maximum atomic E-state index is 12.4. The van der Waals surface area contributed by atoms with Crippen molar-refractivity contribution in [3.8, 4) is 5.75 Å². The highest BCUT2D eigenvalue weighted by molar-refractivity contribution is 7.14. The zero-order valence-electron chi connectivity index (χ0n) is 13.0. The molecule has 1 aliphatic carbocycles. The van der Waals surface area contributed by atoms with Crippen molar-refractivity contribution in [1.82, 2.24) is 5.32 Å². The number of nitrogens with one attached hydrogen (secondary N) is 1. The van der Waals surface area contributed by atoms with Crippen LogP contribution in [0.5, 0.6) is 5.75 Å². The third-order valence-electron chi connectivity index (χ3n) is 4.18. The minimum Gasteiger partial charge on any atom is -0.497 e. The van der Waals surface area contributed by atoms with Crippen LogP contribution in [0.25, 0.3) is 0 Å². The van der Waals surface area contributed by atoms with Gasteiger partial charge in [-0.3, -0.25) is 4.79 Å². The summed E-state index contributed by atoms with van der Waals surface area (Å²) in [6.07, 6.45) is 4.73. The van der Waals surface area contributed by atoms with Crippen LogP contribution in [0.4, 0.5) is 0 Å². The normalized spacial score (nSPS) is 15.0. The second-order valence-corrected chi connectivity index (χ2v) is 6.87. The van der Waals surface area contributed by atoms with Crippen LogP contribution >= 0.6 is 11.3 Å². The molecule has 0 spiro atoms. The first-order valence-electron chi connectivity index (χ1n) is 7.74. The number of methoxy groups -OCH3 is 1. The topological polar surface area (TPSA) is 38.3 Å². The largest absolute Gasteiger partial charge is 0.497 e. The average Bonchev–Trinajstić information content (AvgIpc) is 2.99. The highest BCUT2D eigenvalue weighted by Crippen LogP contribution is 2.30. The number of carbonyl (C=O) groups excluding carboxylic acids is 1. The van der Waals surface area contributed by atoms with E-state index < -0.39 is 0 Å². The van der Waals surface area contributed by atoms with Crippen molar-refractivity contribution in [3.63, 3.8) is 0 Å².